The van der Waals surface area contributed by atoms with Crippen LogP contribution in [0.2, 0.25) is 0 Å². The van der Waals surface area contributed by atoms with Crippen molar-refractivity contribution >= 4 is 22.8 Å². The summed E-state index contributed by atoms with van der Waals surface area (Å²) in [6.07, 6.45) is 2.73. The van der Waals surface area contributed by atoms with Gasteiger partial charge in [0.25, 0.3) is 0 Å². The van der Waals surface area contributed by atoms with Gasteiger partial charge in [-0.1, -0.05) is 0 Å². The molecule has 0 unspecified atom stereocenters. The zero-order valence-corrected chi connectivity index (χ0v) is 12.9. The number of nitrogens with zero attached hydrogens (tertiary/aromatic N) is 2. The third-order valence-electron chi connectivity index (χ3n) is 4.59. The van der Waals surface area contributed by atoms with Gasteiger partial charge in [0.2, 0.25) is 5.91 Å². The molecule has 1 N–H and O–H groups in total. The average Bonchev–Trinajstić information content (AvgIpc) is 2.89. The molecule has 1 aliphatic heterocycles. The van der Waals surface area contributed by atoms with E-state index in [2.05, 4.69) is 0 Å². The normalized spacial score (nSPS) is 21.6. The molecule has 1 aromatic carbocycles. The summed E-state index contributed by atoms with van der Waals surface area (Å²) in [5, 5.41) is 9.98. The number of carboxylic acids is 1. The summed E-state index contributed by atoms with van der Waals surface area (Å²) < 4.78 is 15.1. The van der Waals surface area contributed by atoms with Crippen LogP contribution >= 0.6 is 0 Å². The van der Waals surface area contributed by atoms with Gasteiger partial charge >= 0.3 is 5.97 Å². The molecule has 6 heteroatoms. The molecule has 2 heterocycles. The summed E-state index contributed by atoms with van der Waals surface area (Å²) in [6.45, 7) is 2.46. The van der Waals surface area contributed by atoms with Gasteiger partial charge in [0.1, 0.15) is 12.4 Å². The average molecular weight is 318 g/mol. The highest BCUT2D eigenvalue weighted by molar-refractivity contribution is 5.83. The maximum absolute atomic E-state index is 13.4. The molecule has 0 saturated carbocycles. The van der Waals surface area contributed by atoms with E-state index in [1.54, 1.807) is 21.7 Å². The lowest BCUT2D eigenvalue weighted by atomic mass is 9.91. The number of likely N-dealkylation sites (tertiary alicyclic amines) is 1. The number of rotatable bonds is 3. The van der Waals surface area contributed by atoms with E-state index in [4.69, 9.17) is 5.11 Å². The van der Waals surface area contributed by atoms with Crippen LogP contribution in [0.25, 0.3) is 10.9 Å². The van der Waals surface area contributed by atoms with Gasteiger partial charge in [0.15, 0.2) is 0 Å². The van der Waals surface area contributed by atoms with Crippen molar-refractivity contribution in [3.05, 3.63) is 36.3 Å². The molecule has 0 spiro atoms. The topological polar surface area (TPSA) is 62.5 Å². The van der Waals surface area contributed by atoms with Gasteiger partial charge in [-0.15, -0.1) is 0 Å². The minimum absolute atomic E-state index is 0.0666. The van der Waals surface area contributed by atoms with Gasteiger partial charge in [0, 0.05) is 18.8 Å². The minimum atomic E-state index is -0.796. The van der Waals surface area contributed by atoms with Gasteiger partial charge < -0.3 is 14.6 Å². The first-order valence-electron chi connectivity index (χ1n) is 7.72. The molecule has 0 aliphatic carbocycles. The summed E-state index contributed by atoms with van der Waals surface area (Å²) in [4.78, 5) is 25.3. The van der Waals surface area contributed by atoms with E-state index in [1.165, 1.54) is 12.1 Å². The summed E-state index contributed by atoms with van der Waals surface area (Å²) in [7, 11) is 0. The van der Waals surface area contributed by atoms with Crippen LogP contribution in [-0.2, 0) is 16.1 Å². The van der Waals surface area contributed by atoms with Crippen LogP contribution in [-0.4, -0.2) is 39.0 Å². The molecule has 122 valence electrons. The van der Waals surface area contributed by atoms with E-state index in [0.29, 0.717) is 24.9 Å². The molecular weight excluding hydrogens is 299 g/mol. The Balaban J connectivity index is 1.74. The first kappa shape index (κ1) is 15.5. The fourth-order valence-corrected chi connectivity index (χ4v) is 3.30. The smallest absolute Gasteiger partial charge is 0.306 e. The SMILES string of the molecule is C[C@@H]1C[C@H](C(=O)O)CCN1C(=O)Cn1ccc2ccc(F)cc21. The summed E-state index contributed by atoms with van der Waals surface area (Å²) in [6, 6.07) is 6.25. The number of carboxylic acid groups (broad SMARTS) is 1. The highest BCUT2D eigenvalue weighted by atomic mass is 19.1. The molecule has 2 aromatic rings. The molecule has 0 bridgehead atoms. The van der Waals surface area contributed by atoms with Crippen molar-refractivity contribution in [3.63, 3.8) is 0 Å². The van der Waals surface area contributed by atoms with Crippen LogP contribution in [0.1, 0.15) is 19.8 Å². The second kappa shape index (κ2) is 6.02. The van der Waals surface area contributed by atoms with Crippen molar-refractivity contribution in [1.29, 1.82) is 0 Å². The Morgan fingerprint density at radius 1 is 1.35 bits per heavy atom. The molecule has 3 rings (SSSR count). The number of aromatic nitrogens is 1. The Bertz CT molecular complexity index is 755. The standard InChI is InChI=1S/C17H19FN2O3/c1-11-8-13(17(22)23)5-7-20(11)16(21)10-19-6-4-12-2-3-14(18)9-15(12)19/h2-4,6,9,11,13H,5,7-8,10H2,1H3,(H,22,23)/t11-,13-/m1/s1. The minimum Gasteiger partial charge on any atom is -0.481 e. The number of halogens is 1. The third kappa shape index (κ3) is 3.06. The Kier molecular flexibility index (Phi) is 4.07. The number of aliphatic carboxylic acids is 1. The maximum Gasteiger partial charge on any atom is 0.306 e. The van der Waals surface area contributed by atoms with E-state index in [9.17, 15) is 14.0 Å². The number of benzene rings is 1. The summed E-state index contributed by atoms with van der Waals surface area (Å²) in [5.74, 6) is -1.57. The third-order valence-corrected chi connectivity index (χ3v) is 4.59. The van der Waals surface area contributed by atoms with Gasteiger partial charge in [-0.25, -0.2) is 4.39 Å². The van der Waals surface area contributed by atoms with Crippen molar-refractivity contribution in [2.45, 2.75) is 32.4 Å². The number of carbonyl (C=O) groups is 2. The monoisotopic (exact) mass is 318 g/mol. The highest BCUT2D eigenvalue weighted by Gasteiger charge is 2.32. The second-order valence-corrected chi connectivity index (χ2v) is 6.14. The lowest BCUT2D eigenvalue weighted by Gasteiger charge is -2.36. The predicted octanol–water partition coefficient (Wildman–Crippen LogP) is 2.49. The molecule has 1 amide bonds. The Labute approximate surface area is 133 Å². The zero-order chi connectivity index (χ0) is 16.6. The molecule has 2 atom stereocenters. The van der Waals surface area contributed by atoms with Crippen molar-refractivity contribution < 1.29 is 19.1 Å². The largest absolute Gasteiger partial charge is 0.481 e. The van der Waals surface area contributed by atoms with E-state index >= 15 is 0 Å². The van der Waals surface area contributed by atoms with Crippen LogP contribution in [0, 0.1) is 11.7 Å². The molecule has 1 aliphatic rings. The van der Waals surface area contributed by atoms with Crippen LogP contribution in [0.4, 0.5) is 4.39 Å². The van der Waals surface area contributed by atoms with E-state index in [0.717, 1.165) is 5.39 Å². The van der Waals surface area contributed by atoms with Crippen molar-refractivity contribution in [2.75, 3.05) is 6.54 Å². The van der Waals surface area contributed by atoms with Gasteiger partial charge in [-0.2, -0.15) is 0 Å². The van der Waals surface area contributed by atoms with Gasteiger partial charge in [-0.05, 0) is 49.4 Å². The first-order chi connectivity index (χ1) is 11.0. The number of carbonyl (C=O) groups excluding carboxylic acids is 1. The molecule has 0 radical (unpaired) electrons. The summed E-state index contributed by atoms with van der Waals surface area (Å²) >= 11 is 0. The number of amides is 1. The Hall–Kier alpha value is -2.37. The highest BCUT2D eigenvalue weighted by Crippen LogP contribution is 2.24. The van der Waals surface area contributed by atoms with Gasteiger partial charge in [-0.3, -0.25) is 9.59 Å². The number of hydrogen-bond donors (Lipinski definition) is 1. The molecule has 1 saturated heterocycles. The quantitative estimate of drug-likeness (QED) is 0.946. The van der Waals surface area contributed by atoms with Crippen molar-refractivity contribution in [2.24, 2.45) is 5.92 Å². The van der Waals surface area contributed by atoms with E-state index in [1.807, 2.05) is 13.0 Å². The predicted molar refractivity (Wildman–Crippen MR) is 83.4 cm³/mol. The van der Waals surface area contributed by atoms with E-state index in [-0.39, 0.29) is 30.2 Å². The Morgan fingerprint density at radius 3 is 2.83 bits per heavy atom. The van der Waals surface area contributed by atoms with Crippen LogP contribution in [0.15, 0.2) is 30.5 Å². The van der Waals surface area contributed by atoms with Gasteiger partial charge in [0.05, 0.1) is 11.4 Å². The van der Waals surface area contributed by atoms with Crippen molar-refractivity contribution in [3.8, 4) is 0 Å². The molecule has 23 heavy (non-hydrogen) atoms. The maximum atomic E-state index is 13.4. The fourth-order valence-electron chi connectivity index (χ4n) is 3.30. The van der Waals surface area contributed by atoms with Crippen LogP contribution in [0.3, 0.4) is 0 Å². The fraction of sp³-hybridized carbons (Fsp3) is 0.412. The number of piperidine rings is 1. The Morgan fingerprint density at radius 2 is 2.13 bits per heavy atom. The zero-order valence-electron chi connectivity index (χ0n) is 12.9. The molecule has 5 nitrogen and oxygen atoms in total. The van der Waals surface area contributed by atoms with Crippen LogP contribution in [0.5, 0.6) is 0 Å². The van der Waals surface area contributed by atoms with Crippen molar-refractivity contribution in [1.82, 2.24) is 9.47 Å². The first-order valence-corrected chi connectivity index (χ1v) is 7.72. The molecule has 1 fully saturated rings. The number of fused-ring (bicyclic) bond motifs is 1. The van der Waals surface area contributed by atoms with E-state index < -0.39 is 5.97 Å². The van der Waals surface area contributed by atoms with Crippen LogP contribution < -0.4 is 0 Å². The molecule has 1 aromatic heterocycles. The molecular formula is C17H19FN2O3. The lowest BCUT2D eigenvalue weighted by Crippen LogP contribution is -2.47. The number of hydrogen-bond acceptors (Lipinski definition) is 2. The second-order valence-electron chi connectivity index (χ2n) is 6.14. The summed E-state index contributed by atoms with van der Waals surface area (Å²) in [5.41, 5.74) is 0.687. The lowest BCUT2D eigenvalue weighted by molar-refractivity contribution is -0.147.